The lowest BCUT2D eigenvalue weighted by Gasteiger charge is -2.11. The predicted octanol–water partition coefficient (Wildman–Crippen LogP) is 2.13. The molecule has 1 aromatic heterocycles. The van der Waals surface area contributed by atoms with Crippen molar-refractivity contribution in [3.63, 3.8) is 0 Å². The second kappa shape index (κ2) is 5.66. The standard InChI is InChI=1S/C12H13ClN4O2S/c1-8-10(13)3-2-4-11(8)17-20(18,19)9-5-6-15-12(7-9)16-14/h2-7,17H,14H2,1H3,(H,15,16). The molecule has 0 aliphatic heterocycles. The smallest absolute Gasteiger partial charge is 0.262 e. The predicted molar refractivity (Wildman–Crippen MR) is 79.0 cm³/mol. The summed E-state index contributed by atoms with van der Waals surface area (Å²) < 4.78 is 27.1. The van der Waals surface area contributed by atoms with E-state index in [0.29, 0.717) is 16.3 Å². The van der Waals surface area contributed by atoms with Crippen LogP contribution in [0.2, 0.25) is 5.02 Å². The lowest BCUT2D eigenvalue weighted by atomic mass is 10.2. The molecule has 1 aromatic carbocycles. The minimum atomic E-state index is -3.73. The molecule has 0 aliphatic carbocycles. The van der Waals surface area contributed by atoms with Crippen molar-refractivity contribution in [1.82, 2.24) is 4.98 Å². The molecular weight excluding hydrogens is 300 g/mol. The second-order valence-electron chi connectivity index (χ2n) is 4.04. The molecule has 0 saturated carbocycles. The number of sulfonamides is 1. The van der Waals surface area contributed by atoms with Crippen molar-refractivity contribution in [3.8, 4) is 0 Å². The Morgan fingerprint density at radius 3 is 2.75 bits per heavy atom. The first-order valence-corrected chi connectivity index (χ1v) is 7.51. The number of hydrogen-bond acceptors (Lipinski definition) is 5. The Morgan fingerprint density at radius 1 is 1.30 bits per heavy atom. The summed E-state index contributed by atoms with van der Waals surface area (Å²) in [4.78, 5) is 3.92. The fraction of sp³-hybridized carbons (Fsp3) is 0.0833. The highest BCUT2D eigenvalue weighted by Crippen LogP contribution is 2.25. The van der Waals surface area contributed by atoms with Crippen molar-refractivity contribution in [3.05, 3.63) is 47.1 Å². The topological polar surface area (TPSA) is 97.1 Å². The quantitative estimate of drug-likeness (QED) is 0.593. The molecule has 2 aromatic rings. The van der Waals surface area contributed by atoms with Crippen molar-refractivity contribution >= 4 is 33.1 Å². The fourth-order valence-corrected chi connectivity index (χ4v) is 2.89. The third kappa shape index (κ3) is 3.01. The van der Waals surface area contributed by atoms with Crippen LogP contribution in [-0.4, -0.2) is 13.4 Å². The monoisotopic (exact) mass is 312 g/mol. The number of pyridine rings is 1. The summed E-state index contributed by atoms with van der Waals surface area (Å²) >= 11 is 5.97. The third-order valence-electron chi connectivity index (χ3n) is 2.70. The van der Waals surface area contributed by atoms with Crippen LogP contribution in [0.15, 0.2) is 41.4 Å². The maximum Gasteiger partial charge on any atom is 0.262 e. The average Bonchev–Trinajstić information content (AvgIpc) is 2.44. The third-order valence-corrected chi connectivity index (χ3v) is 4.47. The maximum atomic E-state index is 12.3. The molecule has 1 heterocycles. The Labute approximate surface area is 122 Å². The van der Waals surface area contributed by atoms with Gasteiger partial charge in [0, 0.05) is 17.3 Å². The van der Waals surface area contributed by atoms with Gasteiger partial charge in [-0.3, -0.25) is 4.72 Å². The zero-order chi connectivity index (χ0) is 14.8. The molecule has 20 heavy (non-hydrogen) atoms. The normalized spacial score (nSPS) is 11.2. The Hall–Kier alpha value is -1.83. The van der Waals surface area contributed by atoms with Gasteiger partial charge in [0.1, 0.15) is 5.82 Å². The van der Waals surface area contributed by atoms with E-state index in [-0.39, 0.29) is 10.7 Å². The first-order valence-electron chi connectivity index (χ1n) is 5.64. The number of nitrogens with two attached hydrogens (primary N) is 1. The highest BCUT2D eigenvalue weighted by Gasteiger charge is 2.16. The van der Waals surface area contributed by atoms with Gasteiger partial charge in [0.25, 0.3) is 10.0 Å². The second-order valence-corrected chi connectivity index (χ2v) is 6.13. The summed E-state index contributed by atoms with van der Waals surface area (Å²) in [5, 5.41) is 0.490. The van der Waals surface area contributed by atoms with Crippen LogP contribution < -0.4 is 16.0 Å². The van der Waals surface area contributed by atoms with Gasteiger partial charge in [-0.05, 0) is 30.7 Å². The van der Waals surface area contributed by atoms with E-state index in [2.05, 4.69) is 15.1 Å². The number of nitrogens with one attached hydrogen (secondary N) is 2. The highest BCUT2D eigenvalue weighted by molar-refractivity contribution is 7.92. The highest BCUT2D eigenvalue weighted by atomic mass is 35.5. The van der Waals surface area contributed by atoms with Gasteiger partial charge in [-0.1, -0.05) is 17.7 Å². The summed E-state index contributed by atoms with van der Waals surface area (Å²) in [5.41, 5.74) is 3.38. The van der Waals surface area contributed by atoms with Crippen LogP contribution in [0.4, 0.5) is 11.5 Å². The van der Waals surface area contributed by atoms with Crippen LogP contribution in [0.5, 0.6) is 0 Å². The number of rotatable bonds is 4. The van der Waals surface area contributed by atoms with Gasteiger partial charge in [-0.25, -0.2) is 19.2 Å². The first kappa shape index (κ1) is 14.6. The Kier molecular flexibility index (Phi) is 4.12. The van der Waals surface area contributed by atoms with Crippen LogP contribution >= 0.6 is 11.6 Å². The molecule has 2 rings (SSSR count). The lowest BCUT2D eigenvalue weighted by molar-refractivity contribution is 0.601. The molecule has 0 radical (unpaired) electrons. The molecule has 0 amide bonds. The summed E-state index contributed by atoms with van der Waals surface area (Å²) in [7, 11) is -3.73. The van der Waals surface area contributed by atoms with Gasteiger partial charge in [0.2, 0.25) is 0 Å². The maximum absolute atomic E-state index is 12.3. The molecule has 0 bridgehead atoms. The van der Waals surface area contributed by atoms with E-state index in [1.165, 1.54) is 18.3 Å². The number of benzene rings is 1. The van der Waals surface area contributed by atoms with Crippen LogP contribution in [0.3, 0.4) is 0 Å². The molecule has 0 aliphatic rings. The summed E-state index contributed by atoms with van der Waals surface area (Å²) in [6.45, 7) is 1.74. The molecule has 0 atom stereocenters. The number of nitrogen functional groups attached to an aromatic ring is 1. The number of hydrogen-bond donors (Lipinski definition) is 3. The Morgan fingerprint density at radius 2 is 2.05 bits per heavy atom. The van der Waals surface area contributed by atoms with Gasteiger partial charge in [-0.15, -0.1) is 0 Å². The largest absolute Gasteiger partial charge is 0.308 e. The van der Waals surface area contributed by atoms with Crippen molar-refractivity contribution in [2.24, 2.45) is 5.84 Å². The van der Waals surface area contributed by atoms with Crippen molar-refractivity contribution < 1.29 is 8.42 Å². The number of aromatic nitrogens is 1. The Bertz CT molecular complexity index is 734. The van der Waals surface area contributed by atoms with Crippen molar-refractivity contribution in [2.45, 2.75) is 11.8 Å². The van der Waals surface area contributed by atoms with Gasteiger partial charge in [-0.2, -0.15) is 0 Å². The molecule has 0 fully saturated rings. The van der Waals surface area contributed by atoms with Gasteiger partial charge in [0.05, 0.1) is 10.6 Å². The summed E-state index contributed by atoms with van der Waals surface area (Å²) in [6, 6.07) is 7.72. The molecule has 0 spiro atoms. The van der Waals surface area contributed by atoms with Gasteiger partial charge in [0.15, 0.2) is 0 Å². The minimum absolute atomic E-state index is 0.0554. The van der Waals surface area contributed by atoms with Gasteiger partial charge >= 0.3 is 0 Å². The summed E-state index contributed by atoms with van der Waals surface area (Å²) in [6.07, 6.45) is 1.36. The molecule has 0 unspecified atom stereocenters. The molecule has 8 heteroatoms. The van der Waals surface area contributed by atoms with Crippen molar-refractivity contribution in [2.75, 3.05) is 10.1 Å². The van der Waals surface area contributed by atoms with Gasteiger partial charge < -0.3 is 5.43 Å². The average molecular weight is 313 g/mol. The molecule has 0 saturated heterocycles. The van der Waals surface area contributed by atoms with Crippen LogP contribution in [0.1, 0.15) is 5.56 Å². The van der Waals surface area contributed by atoms with Crippen LogP contribution in [-0.2, 0) is 10.0 Å². The van der Waals surface area contributed by atoms with E-state index in [0.717, 1.165) is 0 Å². The molecular formula is C12H13ClN4O2S. The Balaban J connectivity index is 2.38. The zero-order valence-corrected chi connectivity index (χ0v) is 12.2. The zero-order valence-electron chi connectivity index (χ0n) is 10.6. The van der Waals surface area contributed by atoms with Crippen molar-refractivity contribution in [1.29, 1.82) is 0 Å². The fourth-order valence-electron chi connectivity index (χ4n) is 1.58. The number of halogens is 1. The molecule has 4 N–H and O–H groups in total. The number of anilines is 2. The number of hydrazine groups is 1. The van der Waals surface area contributed by atoms with E-state index in [4.69, 9.17) is 17.4 Å². The summed E-state index contributed by atoms with van der Waals surface area (Å²) in [5.74, 6) is 5.47. The minimum Gasteiger partial charge on any atom is -0.308 e. The van der Waals surface area contributed by atoms with E-state index in [9.17, 15) is 8.42 Å². The number of nitrogens with zero attached hydrogens (tertiary/aromatic N) is 1. The lowest BCUT2D eigenvalue weighted by Crippen LogP contribution is -2.15. The SMILES string of the molecule is Cc1c(Cl)cccc1NS(=O)(=O)c1ccnc(NN)c1. The molecule has 106 valence electrons. The van der Waals surface area contributed by atoms with E-state index in [1.54, 1.807) is 25.1 Å². The van der Waals surface area contributed by atoms with Crippen LogP contribution in [0.25, 0.3) is 0 Å². The first-order chi connectivity index (χ1) is 9.44. The van der Waals surface area contributed by atoms with Crippen LogP contribution in [0, 0.1) is 6.92 Å². The molecule has 6 nitrogen and oxygen atoms in total. The van der Waals surface area contributed by atoms with E-state index >= 15 is 0 Å². The van der Waals surface area contributed by atoms with E-state index in [1.807, 2.05) is 0 Å². The van der Waals surface area contributed by atoms with E-state index < -0.39 is 10.0 Å².